The number of nitrogens with one attached hydrogen (secondary N) is 1. The minimum atomic E-state index is -4.32. The van der Waals surface area contributed by atoms with E-state index in [4.69, 9.17) is 5.73 Å². The van der Waals surface area contributed by atoms with Gasteiger partial charge in [0, 0.05) is 12.1 Å². The minimum absolute atomic E-state index is 0.290. The van der Waals surface area contributed by atoms with Gasteiger partial charge in [-0.3, -0.25) is 4.99 Å². The highest BCUT2D eigenvalue weighted by molar-refractivity contribution is 5.78. The maximum atomic E-state index is 12.4. The van der Waals surface area contributed by atoms with Crippen molar-refractivity contribution >= 4 is 5.96 Å². The van der Waals surface area contributed by atoms with E-state index in [9.17, 15) is 13.2 Å². The molecule has 0 aliphatic rings. The number of benzene rings is 1. The summed E-state index contributed by atoms with van der Waals surface area (Å²) in [5.74, 6) is 6.44. The molecule has 6 heteroatoms. The van der Waals surface area contributed by atoms with Crippen molar-refractivity contribution in [2.75, 3.05) is 13.1 Å². The molecule has 0 bridgehead atoms. The second-order valence-corrected chi connectivity index (χ2v) is 5.18. The van der Waals surface area contributed by atoms with Crippen LogP contribution in [0.2, 0.25) is 0 Å². The quantitative estimate of drug-likeness (QED) is 0.510. The zero-order valence-corrected chi connectivity index (χ0v) is 12.7. The molecule has 0 aliphatic carbocycles. The summed E-state index contributed by atoms with van der Waals surface area (Å²) in [6, 6.07) is 4.71. The van der Waals surface area contributed by atoms with E-state index in [0.717, 1.165) is 18.6 Å². The zero-order chi connectivity index (χ0) is 16.6. The molecule has 0 fully saturated rings. The van der Waals surface area contributed by atoms with Gasteiger partial charge < -0.3 is 11.1 Å². The average Bonchev–Trinajstić information content (AvgIpc) is 2.43. The van der Waals surface area contributed by atoms with Crippen molar-refractivity contribution in [3.63, 3.8) is 0 Å². The number of nitrogens with two attached hydrogens (primary N) is 1. The van der Waals surface area contributed by atoms with Crippen LogP contribution in [0.5, 0.6) is 0 Å². The predicted octanol–water partition coefficient (Wildman–Crippen LogP) is 3.01. The Balaban J connectivity index is 2.44. The molecule has 0 amide bonds. The second-order valence-electron chi connectivity index (χ2n) is 5.18. The molecule has 0 aliphatic heterocycles. The molecular weight excluding hydrogens is 291 g/mol. The fourth-order valence-electron chi connectivity index (χ4n) is 1.52. The number of hydrogen-bond donors (Lipinski definition) is 2. The monoisotopic (exact) mass is 311 g/mol. The smallest absolute Gasteiger partial charge is 0.370 e. The van der Waals surface area contributed by atoms with Gasteiger partial charge in [0.2, 0.25) is 0 Å². The van der Waals surface area contributed by atoms with Crippen molar-refractivity contribution in [2.24, 2.45) is 16.6 Å². The summed E-state index contributed by atoms with van der Waals surface area (Å²) in [5.41, 5.74) is 5.49. The Morgan fingerprint density at radius 2 is 1.91 bits per heavy atom. The molecule has 1 rings (SSSR count). The Hall–Kier alpha value is -2.16. The van der Waals surface area contributed by atoms with Crippen LogP contribution in [0.25, 0.3) is 0 Å². The third-order valence-corrected chi connectivity index (χ3v) is 2.79. The molecule has 0 spiro atoms. The van der Waals surface area contributed by atoms with E-state index >= 15 is 0 Å². The number of nitrogens with zero attached hydrogens (tertiary/aromatic N) is 1. The van der Waals surface area contributed by atoms with Crippen LogP contribution in [0.3, 0.4) is 0 Å². The fourth-order valence-corrected chi connectivity index (χ4v) is 1.52. The van der Waals surface area contributed by atoms with E-state index in [-0.39, 0.29) is 6.54 Å². The molecule has 0 atom stereocenters. The summed E-state index contributed by atoms with van der Waals surface area (Å²) in [6.45, 7) is 5.16. The highest BCUT2D eigenvalue weighted by Crippen LogP contribution is 2.28. The van der Waals surface area contributed by atoms with Gasteiger partial charge in [0.1, 0.15) is 0 Å². The third kappa shape index (κ3) is 7.02. The minimum Gasteiger partial charge on any atom is -0.370 e. The largest absolute Gasteiger partial charge is 0.416 e. The molecule has 22 heavy (non-hydrogen) atoms. The Labute approximate surface area is 128 Å². The van der Waals surface area contributed by atoms with E-state index < -0.39 is 11.7 Å². The summed E-state index contributed by atoms with van der Waals surface area (Å²) in [5, 5.41) is 2.84. The zero-order valence-electron chi connectivity index (χ0n) is 12.7. The lowest BCUT2D eigenvalue weighted by Crippen LogP contribution is -2.32. The first-order valence-electron chi connectivity index (χ1n) is 6.99. The molecule has 3 nitrogen and oxygen atoms in total. The van der Waals surface area contributed by atoms with Crippen molar-refractivity contribution in [3.05, 3.63) is 35.4 Å². The van der Waals surface area contributed by atoms with E-state index in [1.54, 1.807) is 0 Å². The number of halogens is 3. The number of hydrogen-bond acceptors (Lipinski definition) is 1. The van der Waals surface area contributed by atoms with Gasteiger partial charge in [0.25, 0.3) is 0 Å². The molecule has 0 aromatic heterocycles. The lowest BCUT2D eigenvalue weighted by atomic mass is 10.1. The molecular formula is C16H20F3N3. The van der Waals surface area contributed by atoms with Crippen LogP contribution in [0.15, 0.2) is 29.3 Å². The Kier molecular flexibility index (Phi) is 6.77. The summed E-state index contributed by atoms with van der Waals surface area (Å²) < 4.78 is 37.2. The van der Waals surface area contributed by atoms with Crippen molar-refractivity contribution in [1.82, 2.24) is 5.32 Å². The molecule has 1 aromatic rings. The SMILES string of the molecule is CC(C)CCN=C(N)NCC#Cc1ccc(C(F)(F)F)cc1. The van der Waals surface area contributed by atoms with Crippen molar-refractivity contribution < 1.29 is 13.2 Å². The number of guanidine groups is 1. The summed E-state index contributed by atoms with van der Waals surface area (Å²) >= 11 is 0. The van der Waals surface area contributed by atoms with Gasteiger partial charge in [-0.25, -0.2) is 0 Å². The third-order valence-electron chi connectivity index (χ3n) is 2.79. The molecule has 0 unspecified atom stereocenters. The van der Waals surface area contributed by atoms with E-state index in [1.807, 2.05) is 0 Å². The molecule has 0 saturated heterocycles. The van der Waals surface area contributed by atoms with Crippen molar-refractivity contribution in [1.29, 1.82) is 0 Å². The summed E-state index contributed by atoms with van der Waals surface area (Å²) in [7, 11) is 0. The van der Waals surface area contributed by atoms with Crippen LogP contribution >= 0.6 is 0 Å². The van der Waals surface area contributed by atoms with Crippen molar-refractivity contribution in [2.45, 2.75) is 26.4 Å². The average molecular weight is 311 g/mol. The molecule has 1 aromatic carbocycles. The highest BCUT2D eigenvalue weighted by Gasteiger charge is 2.29. The van der Waals surface area contributed by atoms with Crippen LogP contribution in [0.4, 0.5) is 13.2 Å². The maximum absolute atomic E-state index is 12.4. The second kappa shape index (κ2) is 8.32. The lowest BCUT2D eigenvalue weighted by molar-refractivity contribution is -0.137. The van der Waals surface area contributed by atoms with Gasteiger partial charge >= 0.3 is 6.18 Å². The van der Waals surface area contributed by atoms with Gasteiger partial charge in [-0.15, -0.1) is 0 Å². The Bertz CT molecular complexity index is 549. The van der Waals surface area contributed by atoms with Gasteiger partial charge in [0.15, 0.2) is 5.96 Å². The van der Waals surface area contributed by atoms with E-state index in [1.165, 1.54) is 12.1 Å². The number of rotatable bonds is 4. The van der Waals surface area contributed by atoms with E-state index in [0.29, 0.717) is 24.0 Å². The topological polar surface area (TPSA) is 50.4 Å². The summed E-state index contributed by atoms with van der Waals surface area (Å²) in [4.78, 5) is 4.14. The Morgan fingerprint density at radius 3 is 2.45 bits per heavy atom. The summed E-state index contributed by atoms with van der Waals surface area (Å²) in [6.07, 6.45) is -3.37. The van der Waals surface area contributed by atoms with Gasteiger partial charge in [-0.1, -0.05) is 25.7 Å². The molecule has 0 saturated carbocycles. The van der Waals surface area contributed by atoms with Gasteiger partial charge in [-0.05, 0) is 36.6 Å². The first-order valence-corrected chi connectivity index (χ1v) is 6.99. The van der Waals surface area contributed by atoms with Crippen molar-refractivity contribution in [3.8, 4) is 11.8 Å². The van der Waals surface area contributed by atoms with Gasteiger partial charge in [0.05, 0.1) is 12.1 Å². The maximum Gasteiger partial charge on any atom is 0.416 e. The van der Waals surface area contributed by atoms with E-state index in [2.05, 4.69) is 36.0 Å². The Morgan fingerprint density at radius 1 is 1.27 bits per heavy atom. The fraction of sp³-hybridized carbons (Fsp3) is 0.438. The van der Waals surface area contributed by atoms with Crippen LogP contribution in [0.1, 0.15) is 31.4 Å². The van der Waals surface area contributed by atoms with Crippen LogP contribution in [-0.4, -0.2) is 19.0 Å². The molecule has 120 valence electrons. The first kappa shape index (κ1) is 17.9. The number of alkyl halides is 3. The standard InChI is InChI=1S/C16H20F3N3/c1-12(2)9-11-22-15(20)21-10-3-4-13-5-7-14(8-6-13)16(17,18)19/h5-8,12H,9-11H2,1-2H3,(H3,20,21,22). The number of aliphatic imine (C=N–C) groups is 1. The molecule has 3 N–H and O–H groups in total. The van der Waals surface area contributed by atoms with Gasteiger partial charge in [-0.2, -0.15) is 13.2 Å². The normalized spacial score (nSPS) is 12.0. The van der Waals surface area contributed by atoms with Crippen LogP contribution in [0, 0.1) is 17.8 Å². The molecule has 0 heterocycles. The highest BCUT2D eigenvalue weighted by atomic mass is 19.4. The lowest BCUT2D eigenvalue weighted by Gasteiger charge is -2.05. The predicted molar refractivity (Wildman–Crippen MR) is 82.3 cm³/mol. The van der Waals surface area contributed by atoms with Crippen LogP contribution < -0.4 is 11.1 Å². The first-order chi connectivity index (χ1) is 10.3. The van der Waals surface area contributed by atoms with Crippen LogP contribution in [-0.2, 0) is 6.18 Å². The molecule has 0 radical (unpaired) electrons.